The van der Waals surface area contributed by atoms with Crippen LogP contribution in [-0.4, -0.2) is 41.0 Å². The third kappa shape index (κ3) is 6.21. The zero-order valence-electron chi connectivity index (χ0n) is 18.2. The molecule has 0 bridgehead atoms. The number of methoxy groups -OCH3 is 1. The van der Waals surface area contributed by atoms with Gasteiger partial charge in [-0.15, -0.1) is 0 Å². The molecule has 0 saturated heterocycles. The van der Waals surface area contributed by atoms with Gasteiger partial charge in [0.25, 0.3) is 0 Å². The molecule has 0 fully saturated rings. The summed E-state index contributed by atoms with van der Waals surface area (Å²) >= 11 is 0. The van der Waals surface area contributed by atoms with Crippen LogP contribution in [0.5, 0.6) is 0 Å². The number of benzene rings is 2. The van der Waals surface area contributed by atoms with Gasteiger partial charge in [-0.25, -0.2) is 9.59 Å². The number of esters is 1. The Kier molecular flexibility index (Phi) is 6.79. The monoisotopic (exact) mass is 424 g/mol. The van der Waals surface area contributed by atoms with Gasteiger partial charge in [0, 0.05) is 18.4 Å². The van der Waals surface area contributed by atoms with Crippen molar-refractivity contribution in [1.29, 1.82) is 0 Å². The summed E-state index contributed by atoms with van der Waals surface area (Å²) in [6.45, 7) is 5.87. The summed E-state index contributed by atoms with van der Waals surface area (Å²) < 4.78 is 10.2. The van der Waals surface area contributed by atoms with E-state index in [2.05, 4.69) is 25.6 Å². The minimum atomic E-state index is -0.603. The highest BCUT2D eigenvalue weighted by atomic mass is 16.6. The highest BCUT2D eigenvalue weighted by Gasteiger charge is 2.26. The van der Waals surface area contributed by atoms with Gasteiger partial charge < -0.3 is 20.1 Å². The van der Waals surface area contributed by atoms with Gasteiger partial charge in [0.05, 0.1) is 12.6 Å². The van der Waals surface area contributed by atoms with Crippen molar-refractivity contribution < 1.29 is 19.1 Å². The first-order valence-corrected chi connectivity index (χ1v) is 10.1. The zero-order valence-corrected chi connectivity index (χ0v) is 18.2. The second kappa shape index (κ2) is 9.51. The van der Waals surface area contributed by atoms with Crippen LogP contribution in [0.1, 0.15) is 31.9 Å². The van der Waals surface area contributed by atoms with Crippen molar-refractivity contribution in [3.8, 4) is 0 Å². The summed E-state index contributed by atoms with van der Waals surface area (Å²) in [5.41, 5.74) is 2.10. The van der Waals surface area contributed by atoms with Crippen molar-refractivity contribution in [2.24, 2.45) is 0 Å². The Morgan fingerprint density at radius 3 is 2.52 bits per heavy atom. The summed E-state index contributed by atoms with van der Waals surface area (Å²) in [6, 6.07) is 14.8. The highest BCUT2D eigenvalue weighted by molar-refractivity contribution is 5.92. The average molecular weight is 425 g/mol. The second-order valence-electron chi connectivity index (χ2n) is 8.22. The standard InChI is InChI=1S/C23H28N4O4/c1-23(2,3)31-21(28)19(12-15-8-6-5-7-9-15)25-20-17-11-10-16(13-18(17)26-27-20)14-24-22(29)30-4/h5-11,13,19H,12,14H2,1-4H3,(H,24,29)(H2,25,26,27). The summed E-state index contributed by atoms with van der Waals surface area (Å²) in [7, 11) is 1.32. The van der Waals surface area contributed by atoms with E-state index in [1.807, 2.05) is 69.3 Å². The summed E-state index contributed by atoms with van der Waals surface area (Å²) in [5, 5.41) is 14.1. The number of carbonyl (C=O) groups is 2. The third-order valence-corrected chi connectivity index (χ3v) is 4.53. The van der Waals surface area contributed by atoms with E-state index in [0.29, 0.717) is 18.8 Å². The third-order valence-electron chi connectivity index (χ3n) is 4.53. The number of nitrogens with one attached hydrogen (secondary N) is 3. The number of nitrogens with zero attached hydrogens (tertiary/aromatic N) is 1. The molecule has 0 aliphatic heterocycles. The van der Waals surface area contributed by atoms with Crippen molar-refractivity contribution >= 4 is 28.8 Å². The first-order valence-electron chi connectivity index (χ1n) is 10.1. The topological polar surface area (TPSA) is 105 Å². The Labute approximate surface area is 181 Å². The second-order valence-corrected chi connectivity index (χ2v) is 8.22. The van der Waals surface area contributed by atoms with E-state index in [1.54, 1.807) is 0 Å². The molecular formula is C23H28N4O4. The van der Waals surface area contributed by atoms with Gasteiger partial charge in [0.2, 0.25) is 0 Å². The largest absolute Gasteiger partial charge is 0.458 e. The summed E-state index contributed by atoms with van der Waals surface area (Å²) in [4.78, 5) is 24.2. The van der Waals surface area contributed by atoms with Crippen LogP contribution in [0.4, 0.5) is 10.6 Å². The lowest BCUT2D eigenvalue weighted by Crippen LogP contribution is -2.38. The van der Waals surface area contributed by atoms with E-state index in [0.717, 1.165) is 22.0 Å². The fourth-order valence-corrected chi connectivity index (χ4v) is 3.11. The number of aromatic amines is 1. The van der Waals surface area contributed by atoms with Gasteiger partial charge in [-0.1, -0.05) is 36.4 Å². The smallest absolute Gasteiger partial charge is 0.407 e. The fourth-order valence-electron chi connectivity index (χ4n) is 3.11. The van der Waals surface area contributed by atoms with Crippen LogP contribution in [0.3, 0.4) is 0 Å². The van der Waals surface area contributed by atoms with E-state index in [1.165, 1.54) is 7.11 Å². The molecule has 164 valence electrons. The molecule has 1 heterocycles. The SMILES string of the molecule is COC(=O)NCc1ccc2c(NC(Cc3ccccc3)C(=O)OC(C)(C)C)n[nH]c2c1. The van der Waals surface area contributed by atoms with Gasteiger partial charge in [0.15, 0.2) is 5.82 Å². The number of anilines is 1. The number of carbonyl (C=O) groups excluding carboxylic acids is 2. The maximum Gasteiger partial charge on any atom is 0.407 e. The predicted molar refractivity (Wildman–Crippen MR) is 119 cm³/mol. The quantitative estimate of drug-likeness (QED) is 0.499. The molecule has 31 heavy (non-hydrogen) atoms. The molecule has 0 saturated carbocycles. The van der Waals surface area contributed by atoms with Crippen LogP contribution in [-0.2, 0) is 27.2 Å². The minimum Gasteiger partial charge on any atom is -0.458 e. The molecule has 3 aromatic rings. The van der Waals surface area contributed by atoms with E-state index in [9.17, 15) is 9.59 Å². The maximum atomic E-state index is 12.9. The zero-order chi connectivity index (χ0) is 22.4. The molecule has 3 N–H and O–H groups in total. The van der Waals surface area contributed by atoms with Crippen molar-refractivity contribution in [3.63, 3.8) is 0 Å². The number of fused-ring (bicyclic) bond motifs is 1. The fraction of sp³-hybridized carbons (Fsp3) is 0.348. The minimum absolute atomic E-state index is 0.332. The number of H-pyrrole nitrogens is 1. The molecule has 0 spiro atoms. The number of hydrogen-bond donors (Lipinski definition) is 3. The number of hydrogen-bond acceptors (Lipinski definition) is 6. The number of alkyl carbamates (subject to hydrolysis) is 1. The molecule has 1 atom stereocenters. The predicted octanol–water partition coefficient (Wildman–Crippen LogP) is 3.78. The van der Waals surface area contributed by atoms with Crippen LogP contribution in [0.2, 0.25) is 0 Å². The van der Waals surface area contributed by atoms with E-state index in [-0.39, 0.29) is 5.97 Å². The average Bonchev–Trinajstić information content (AvgIpc) is 3.13. The molecule has 1 amide bonds. The Morgan fingerprint density at radius 2 is 1.84 bits per heavy atom. The lowest BCUT2D eigenvalue weighted by atomic mass is 10.1. The molecule has 8 heteroatoms. The summed E-state index contributed by atoms with van der Waals surface area (Å²) in [5.74, 6) is 0.223. The van der Waals surface area contributed by atoms with Crippen LogP contribution in [0, 0.1) is 0 Å². The Bertz CT molecular complexity index is 1040. The maximum absolute atomic E-state index is 12.9. The van der Waals surface area contributed by atoms with Crippen LogP contribution in [0.25, 0.3) is 10.9 Å². The lowest BCUT2D eigenvalue weighted by Gasteiger charge is -2.24. The van der Waals surface area contributed by atoms with Gasteiger partial charge in [-0.2, -0.15) is 5.10 Å². The number of amides is 1. The van der Waals surface area contributed by atoms with Gasteiger partial charge >= 0.3 is 12.1 Å². The highest BCUT2D eigenvalue weighted by Crippen LogP contribution is 2.24. The molecular weight excluding hydrogens is 396 g/mol. The van der Waals surface area contributed by atoms with Crippen molar-refractivity contribution in [3.05, 3.63) is 59.7 Å². The van der Waals surface area contributed by atoms with Gasteiger partial charge in [-0.3, -0.25) is 5.10 Å². The van der Waals surface area contributed by atoms with Crippen molar-refractivity contribution in [2.75, 3.05) is 12.4 Å². The lowest BCUT2D eigenvalue weighted by molar-refractivity contribution is -0.155. The van der Waals surface area contributed by atoms with E-state index < -0.39 is 17.7 Å². The van der Waals surface area contributed by atoms with Crippen LogP contribution < -0.4 is 10.6 Å². The first-order chi connectivity index (χ1) is 14.7. The molecule has 1 aromatic heterocycles. The van der Waals surface area contributed by atoms with Gasteiger partial charge in [-0.05, 0) is 44.0 Å². The Morgan fingerprint density at radius 1 is 1.10 bits per heavy atom. The van der Waals surface area contributed by atoms with E-state index >= 15 is 0 Å². The molecule has 1 unspecified atom stereocenters. The number of ether oxygens (including phenoxy) is 2. The molecule has 2 aromatic carbocycles. The number of aromatic nitrogens is 2. The van der Waals surface area contributed by atoms with Crippen molar-refractivity contribution in [2.45, 2.75) is 45.4 Å². The normalized spacial score (nSPS) is 12.3. The molecule has 0 aliphatic carbocycles. The molecule has 0 aliphatic rings. The van der Waals surface area contributed by atoms with Crippen LogP contribution in [0.15, 0.2) is 48.5 Å². The Balaban J connectivity index is 1.80. The van der Waals surface area contributed by atoms with Crippen LogP contribution >= 0.6 is 0 Å². The van der Waals surface area contributed by atoms with E-state index in [4.69, 9.17) is 4.74 Å². The van der Waals surface area contributed by atoms with Crippen molar-refractivity contribution in [1.82, 2.24) is 15.5 Å². The Hall–Kier alpha value is -3.55. The first kappa shape index (κ1) is 22.1. The van der Waals surface area contributed by atoms with Gasteiger partial charge in [0.1, 0.15) is 11.6 Å². The summed E-state index contributed by atoms with van der Waals surface area (Å²) in [6.07, 6.45) is -0.0289. The molecule has 3 rings (SSSR count). The molecule has 0 radical (unpaired) electrons. The number of rotatable bonds is 7. The molecule has 8 nitrogen and oxygen atoms in total.